The molecule has 5 nitrogen and oxygen atoms in total. The van der Waals surface area contributed by atoms with Crippen LogP contribution in [0, 0.1) is 0 Å². The lowest BCUT2D eigenvalue weighted by Gasteiger charge is -2.16. The molecule has 0 aliphatic carbocycles. The average Bonchev–Trinajstić information content (AvgIpc) is 2.52. The number of sulfone groups is 1. The van der Waals surface area contributed by atoms with Gasteiger partial charge in [-0.25, -0.2) is 8.42 Å². The molecule has 100 valence electrons. The second kappa shape index (κ2) is 4.87. The van der Waals surface area contributed by atoms with Crippen LogP contribution < -0.4 is 10.5 Å². The van der Waals surface area contributed by atoms with Crippen LogP contribution in [0.2, 0.25) is 0 Å². The lowest BCUT2D eigenvalue weighted by Crippen LogP contribution is -2.29. The van der Waals surface area contributed by atoms with E-state index in [4.69, 9.17) is 10.5 Å². The summed E-state index contributed by atoms with van der Waals surface area (Å²) in [6, 6.07) is 7.04. The molecule has 3 atom stereocenters. The molecule has 1 aliphatic rings. The van der Waals surface area contributed by atoms with Crippen LogP contribution in [0.1, 0.15) is 18.5 Å². The molecule has 0 radical (unpaired) electrons. The zero-order valence-corrected chi connectivity index (χ0v) is 10.9. The molecule has 1 heterocycles. The van der Waals surface area contributed by atoms with E-state index in [0.29, 0.717) is 5.75 Å². The smallest absolute Gasteiger partial charge is 0.156 e. The van der Waals surface area contributed by atoms with Gasteiger partial charge in [-0.3, -0.25) is 0 Å². The fourth-order valence-corrected chi connectivity index (χ4v) is 3.62. The second-order valence-electron chi connectivity index (χ2n) is 4.66. The summed E-state index contributed by atoms with van der Waals surface area (Å²) in [5, 5.41) is 9.64. The Bertz CT molecular complexity index is 527. The molecule has 3 unspecified atom stereocenters. The first kappa shape index (κ1) is 13.3. The summed E-state index contributed by atoms with van der Waals surface area (Å²) < 4.78 is 28.2. The molecule has 1 saturated heterocycles. The van der Waals surface area contributed by atoms with Gasteiger partial charge in [0.25, 0.3) is 0 Å². The fraction of sp³-hybridized carbons (Fsp3) is 0.500. The van der Waals surface area contributed by atoms with Crippen LogP contribution in [-0.2, 0) is 9.84 Å². The zero-order valence-electron chi connectivity index (χ0n) is 10.1. The molecule has 1 aromatic rings. The van der Waals surface area contributed by atoms with Gasteiger partial charge in [0.05, 0.1) is 11.5 Å². The molecule has 1 aliphatic heterocycles. The highest BCUT2D eigenvalue weighted by Gasteiger charge is 2.38. The molecule has 0 saturated carbocycles. The standard InChI is InChI=1S/C12H17NO4S/c1-8(13)9-3-2-4-10(5-9)17-12-7-18(15,16)6-11(12)14/h2-5,8,11-12,14H,6-7,13H2,1H3. The van der Waals surface area contributed by atoms with Crippen molar-refractivity contribution in [3.8, 4) is 5.75 Å². The first-order valence-electron chi connectivity index (χ1n) is 5.78. The van der Waals surface area contributed by atoms with Crippen molar-refractivity contribution in [3.05, 3.63) is 29.8 Å². The quantitative estimate of drug-likeness (QED) is 0.822. The maximum atomic E-state index is 11.4. The van der Waals surface area contributed by atoms with Crippen LogP contribution in [0.5, 0.6) is 5.75 Å². The van der Waals surface area contributed by atoms with Crippen molar-refractivity contribution in [2.75, 3.05) is 11.5 Å². The first-order chi connectivity index (χ1) is 8.37. The largest absolute Gasteiger partial charge is 0.487 e. The summed E-state index contributed by atoms with van der Waals surface area (Å²) in [6.45, 7) is 1.86. The molecule has 0 aromatic heterocycles. The van der Waals surface area contributed by atoms with Crippen molar-refractivity contribution in [3.63, 3.8) is 0 Å². The van der Waals surface area contributed by atoms with Crippen LogP contribution in [0.25, 0.3) is 0 Å². The highest BCUT2D eigenvalue weighted by molar-refractivity contribution is 7.91. The van der Waals surface area contributed by atoms with E-state index in [9.17, 15) is 13.5 Å². The highest BCUT2D eigenvalue weighted by Crippen LogP contribution is 2.22. The monoisotopic (exact) mass is 271 g/mol. The third kappa shape index (κ3) is 3.01. The normalized spacial score (nSPS) is 27.9. The molecule has 1 aromatic carbocycles. The van der Waals surface area contributed by atoms with E-state index in [-0.39, 0.29) is 17.5 Å². The van der Waals surface area contributed by atoms with E-state index >= 15 is 0 Å². The van der Waals surface area contributed by atoms with Crippen LogP contribution in [-0.4, -0.2) is 37.2 Å². The predicted octanol–water partition coefficient (Wildman–Crippen LogP) is 0.243. The molecule has 1 fully saturated rings. The lowest BCUT2D eigenvalue weighted by atomic mass is 10.1. The number of hydrogen-bond acceptors (Lipinski definition) is 5. The Labute approximate surface area is 106 Å². The van der Waals surface area contributed by atoms with Crippen molar-refractivity contribution in [2.45, 2.75) is 25.2 Å². The molecular formula is C12H17NO4S. The number of hydrogen-bond donors (Lipinski definition) is 2. The van der Waals surface area contributed by atoms with Gasteiger partial charge < -0.3 is 15.6 Å². The van der Waals surface area contributed by atoms with E-state index < -0.39 is 22.0 Å². The van der Waals surface area contributed by atoms with Gasteiger partial charge >= 0.3 is 0 Å². The van der Waals surface area contributed by atoms with E-state index in [1.807, 2.05) is 13.0 Å². The molecular weight excluding hydrogens is 254 g/mol. The maximum Gasteiger partial charge on any atom is 0.156 e. The number of aliphatic hydroxyl groups excluding tert-OH is 1. The van der Waals surface area contributed by atoms with Crippen molar-refractivity contribution in [2.24, 2.45) is 5.73 Å². The molecule has 6 heteroatoms. The minimum atomic E-state index is -3.19. The third-order valence-corrected chi connectivity index (χ3v) is 4.63. The Kier molecular flexibility index (Phi) is 3.61. The van der Waals surface area contributed by atoms with Crippen LogP contribution in [0.4, 0.5) is 0 Å². The Morgan fingerprint density at radius 3 is 2.72 bits per heavy atom. The van der Waals surface area contributed by atoms with Crippen molar-refractivity contribution in [1.82, 2.24) is 0 Å². The van der Waals surface area contributed by atoms with Crippen LogP contribution >= 0.6 is 0 Å². The summed E-state index contributed by atoms with van der Waals surface area (Å²) in [5.41, 5.74) is 6.67. The van der Waals surface area contributed by atoms with Gasteiger partial charge in [-0.05, 0) is 24.6 Å². The van der Waals surface area contributed by atoms with Gasteiger partial charge in [-0.15, -0.1) is 0 Å². The van der Waals surface area contributed by atoms with E-state index in [1.54, 1.807) is 18.2 Å². The van der Waals surface area contributed by atoms with Gasteiger partial charge in [-0.2, -0.15) is 0 Å². The molecule has 0 bridgehead atoms. The SMILES string of the molecule is CC(N)c1cccc(OC2CS(=O)(=O)CC2O)c1. The number of rotatable bonds is 3. The van der Waals surface area contributed by atoms with Crippen LogP contribution in [0.3, 0.4) is 0 Å². The van der Waals surface area contributed by atoms with Gasteiger partial charge in [0.15, 0.2) is 9.84 Å². The third-order valence-electron chi connectivity index (χ3n) is 2.94. The van der Waals surface area contributed by atoms with Crippen LogP contribution in [0.15, 0.2) is 24.3 Å². The Morgan fingerprint density at radius 2 is 2.17 bits per heavy atom. The predicted molar refractivity (Wildman–Crippen MR) is 68.1 cm³/mol. The molecule has 3 N–H and O–H groups in total. The molecule has 18 heavy (non-hydrogen) atoms. The van der Waals surface area contributed by atoms with Crippen molar-refractivity contribution < 1.29 is 18.3 Å². The van der Waals surface area contributed by atoms with Gasteiger partial charge in [0.1, 0.15) is 18.0 Å². The number of benzene rings is 1. The Balaban J connectivity index is 2.13. The van der Waals surface area contributed by atoms with Crippen molar-refractivity contribution in [1.29, 1.82) is 0 Å². The number of nitrogens with two attached hydrogens (primary N) is 1. The van der Waals surface area contributed by atoms with E-state index in [1.165, 1.54) is 0 Å². The van der Waals surface area contributed by atoms with Gasteiger partial charge in [-0.1, -0.05) is 12.1 Å². The second-order valence-corrected chi connectivity index (χ2v) is 6.82. The molecule has 0 amide bonds. The first-order valence-corrected chi connectivity index (χ1v) is 7.60. The van der Waals surface area contributed by atoms with Gasteiger partial charge in [0.2, 0.25) is 0 Å². The summed E-state index contributed by atoms with van der Waals surface area (Å²) >= 11 is 0. The lowest BCUT2D eigenvalue weighted by molar-refractivity contribution is 0.0737. The van der Waals surface area contributed by atoms with Crippen molar-refractivity contribution >= 4 is 9.84 Å². The number of aliphatic hydroxyl groups is 1. The summed E-state index contributed by atoms with van der Waals surface area (Å²) in [4.78, 5) is 0. The topological polar surface area (TPSA) is 89.6 Å². The number of ether oxygens (including phenoxy) is 1. The average molecular weight is 271 g/mol. The summed E-state index contributed by atoms with van der Waals surface area (Å²) in [5.74, 6) is 0.159. The minimum Gasteiger partial charge on any atom is -0.487 e. The molecule has 0 spiro atoms. The van der Waals surface area contributed by atoms with Gasteiger partial charge in [0, 0.05) is 6.04 Å². The summed E-state index contributed by atoms with van der Waals surface area (Å²) in [6.07, 6.45) is -1.66. The Morgan fingerprint density at radius 1 is 1.44 bits per heavy atom. The summed E-state index contributed by atoms with van der Waals surface area (Å²) in [7, 11) is -3.19. The Hall–Kier alpha value is -1.11. The minimum absolute atomic E-state index is 0.120. The van der Waals surface area contributed by atoms with E-state index in [2.05, 4.69) is 0 Å². The zero-order chi connectivity index (χ0) is 13.3. The maximum absolute atomic E-state index is 11.4. The fourth-order valence-electron chi connectivity index (χ4n) is 1.96. The molecule has 2 rings (SSSR count). The highest BCUT2D eigenvalue weighted by atomic mass is 32.2. The van der Waals surface area contributed by atoms with E-state index in [0.717, 1.165) is 5.56 Å².